The zero-order chi connectivity index (χ0) is 18.8. The minimum Gasteiger partial charge on any atom is -0.441 e. The van der Waals surface area contributed by atoms with Gasteiger partial charge in [0, 0.05) is 12.6 Å². The highest BCUT2D eigenvalue weighted by Gasteiger charge is 2.36. The maximum absolute atomic E-state index is 12.5. The minimum absolute atomic E-state index is 0.143. The highest BCUT2D eigenvalue weighted by molar-refractivity contribution is 7.89. The SMILES string of the molecule is O=S(=O)(NCCc1ccccc1)c1ccc(-c2cc(C(F)(F)F)on2)o1. The zero-order valence-corrected chi connectivity index (χ0v) is 14.0. The molecule has 26 heavy (non-hydrogen) atoms. The number of hydrogen-bond donors (Lipinski definition) is 1. The molecule has 3 aromatic rings. The monoisotopic (exact) mass is 386 g/mol. The van der Waals surface area contributed by atoms with Crippen molar-refractivity contribution in [2.75, 3.05) is 6.54 Å². The van der Waals surface area contributed by atoms with Gasteiger partial charge in [-0.25, -0.2) is 13.1 Å². The Bertz CT molecular complexity index is 978. The number of sulfonamides is 1. The molecule has 10 heteroatoms. The fraction of sp³-hybridized carbons (Fsp3) is 0.188. The summed E-state index contributed by atoms with van der Waals surface area (Å²) in [5.74, 6) is -1.44. The summed E-state index contributed by atoms with van der Waals surface area (Å²) >= 11 is 0. The maximum Gasteiger partial charge on any atom is 0.452 e. The number of furan rings is 1. The van der Waals surface area contributed by atoms with Crippen molar-refractivity contribution in [1.29, 1.82) is 0 Å². The first-order chi connectivity index (χ1) is 12.3. The van der Waals surface area contributed by atoms with E-state index < -0.39 is 27.1 Å². The van der Waals surface area contributed by atoms with Crippen LogP contribution in [0.5, 0.6) is 0 Å². The Morgan fingerprint density at radius 1 is 1.08 bits per heavy atom. The minimum atomic E-state index is -4.69. The van der Waals surface area contributed by atoms with Gasteiger partial charge in [0.05, 0.1) is 0 Å². The second-order valence-electron chi connectivity index (χ2n) is 5.33. The van der Waals surface area contributed by atoms with Gasteiger partial charge in [-0.15, -0.1) is 0 Å². The van der Waals surface area contributed by atoms with Crippen molar-refractivity contribution >= 4 is 10.0 Å². The van der Waals surface area contributed by atoms with Gasteiger partial charge in [-0.2, -0.15) is 13.2 Å². The molecule has 0 saturated heterocycles. The Hall–Kier alpha value is -2.59. The van der Waals surface area contributed by atoms with Crippen LogP contribution in [0.15, 0.2) is 62.6 Å². The number of aromatic nitrogens is 1. The van der Waals surface area contributed by atoms with Gasteiger partial charge in [0.25, 0.3) is 10.0 Å². The number of alkyl halides is 3. The topological polar surface area (TPSA) is 85.3 Å². The lowest BCUT2D eigenvalue weighted by molar-refractivity contribution is -0.155. The summed E-state index contributed by atoms with van der Waals surface area (Å²) in [5, 5.41) is 2.83. The molecule has 1 N–H and O–H groups in total. The van der Waals surface area contributed by atoms with Crippen LogP contribution in [0.1, 0.15) is 11.3 Å². The number of halogens is 3. The maximum atomic E-state index is 12.5. The van der Waals surface area contributed by atoms with Crippen LogP contribution in [0.4, 0.5) is 13.2 Å². The summed E-state index contributed by atoms with van der Waals surface area (Å²) in [4.78, 5) is 0. The van der Waals surface area contributed by atoms with Crippen molar-refractivity contribution in [3.8, 4) is 11.5 Å². The third-order valence-corrected chi connectivity index (χ3v) is 4.77. The highest BCUT2D eigenvalue weighted by atomic mass is 32.2. The summed E-state index contributed by atoms with van der Waals surface area (Å²) < 4.78 is 73.7. The summed E-state index contributed by atoms with van der Waals surface area (Å²) in [6, 6.07) is 12.3. The quantitative estimate of drug-likeness (QED) is 0.701. The molecule has 0 aliphatic heterocycles. The van der Waals surface area contributed by atoms with E-state index in [0.717, 1.165) is 11.6 Å². The molecule has 0 unspecified atom stereocenters. The summed E-state index contributed by atoms with van der Waals surface area (Å²) in [6.45, 7) is 0.143. The van der Waals surface area contributed by atoms with Crippen LogP contribution in [0.25, 0.3) is 11.5 Å². The Kier molecular flexibility index (Phi) is 4.88. The summed E-state index contributed by atoms with van der Waals surface area (Å²) in [6.07, 6.45) is -4.21. The number of hydrogen-bond acceptors (Lipinski definition) is 5. The van der Waals surface area contributed by atoms with Crippen LogP contribution < -0.4 is 4.72 Å². The molecule has 0 bridgehead atoms. The Morgan fingerprint density at radius 3 is 2.46 bits per heavy atom. The predicted molar refractivity (Wildman–Crippen MR) is 84.5 cm³/mol. The first-order valence-electron chi connectivity index (χ1n) is 7.43. The van der Waals surface area contributed by atoms with Crippen molar-refractivity contribution in [2.45, 2.75) is 17.7 Å². The fourth-order valence-electron chi connectivity index (χ4n) is 2.17. The lowest BCUT2D eigenvalue weighted by Gasteiger charge is -2.04. The molecule has 2 heterocycles. The average Bonchev–Trinajstić information content (AvgIpc) is 3.25. The van der Waals surface area contributed by atoms with Crippen LogP contribution in [-0.4, -0.2) is 20.1 Å². The van der Waals surface area contributed by atoms with Crippen molar-refractivity contribution in [1.82, 2.24) is 9.88 Å². The number of rotatable bonds is 6. The van der Waals surface area contributed by atoms with E-state index in [1.165, 1.54) is 6.07 Å². The van der Waals surface area contributed by atoms with E-state index in [4.69, 9.17) is 4.42 Å². The van der Waals surface area contributed by atoms with Gasteiger partial charge in [0.15, 0.2) is 5.76 Å². The third-order valence-electron chi connectivity index (χ3n) is 3.44. The average molecular weight is 386 g/mol. The predicted octanol–water partition coefficient (Wildman–Crippen LogP) is 3.47. The largest absolute Gasteiger partial charge is 0.452 e. The standard InChI is InChI=1S/C16H13F3N2O4S/c17-16(18,19)14-10-12(21-25-14)13-6-7-15(24-13)26(22,23)20-9-8-11-4-2-1-3-5-11/h1-7,10,20H,8-9H2. The molecule has 138 valence electrons. The molecule has 0 fully saturated rings. The molecule has 0 amide bonds. The van der Waals surface area contributed by atoms with Crippen LogP contribution in [-0.2, 0) is 22.6 Å². The van der Waals surface area contributed by atoms with Gasteiger partial charge in [0.2, 0.25) is 10.9 Å². The third kappa shape index (κ3) is 4.14. The molecule has 1 aromatic carbocycles. The first kappa shape index (κ1) is 18.2. The van der Waals surface area contributed by atoms with Crippen LogP contribution in [0, 0.1) is 0 Å². The van der Waals surface area contributed by atoms with E-state index in [1.807, 2.05) is 30.3 Å². The van der Waals surface area contributed by atoms with Crippen molar-refractivity contribution in [3.63, 3.8) is 0 Å². The van der Waals surface area contributed by atoms with Crippen LogP contribution in [0.2, 0.25) is 0 Å². The van der Waals surface area contributed by atoms with E-state index in [1.54, 1.807) is 0 Å². The van der Waals surface area contributed by atoms with Gasteiger partial charge < -0.3 is 8.94 Å². The molecule has 0 aliphatic carbocycles. The van der Waals surface area contributed by atoms with E-state index in [-0.39, 0.29) is 18.0 Å². The molecule has 0 aliphatic rings. The van der Waals surface area contributed by atoms with Crippen molar-refractivity contribution in [3.05, 3.63) is 59.9 Å². The molecule has 0 atom stereocenters. The van der Waals surface area contributed by atoms with Crippen molar-refractivity contribution < 1.29 is 30.5 Å². The Morgan fingerprint density at radius 2 is 1.81 bits per heavy atom. The lowest BCUT2D eigenvalue weighted by Crippen LogP contribution is -2.25. The van der Waals surface area contributed by atoms with E-state index >= 15 is 0 Å². The van der Waals surface area contributed by atoms with Gasteiger partial charge in [-0.1, -0.05) is 35.5 Å². The zero-order valence-electron chi connectivity index (χ0n) is 13.2. The van der Waals surface area contributed by atoms with E-state index in [0.29, 0.717) is 12.5 Å². The summed E-state index contributed by atoms with van der Waals surface area (Å²) in [7, 11) is -3.94. The second-order valence-corrected chi connectivity index (χ2v) is 7.02. The fourth-order valence-corrected chi connectivity index (χ4v) is 3.13. The van der Waals surface area contributed by atoms with Gasteiger partial charge >= 0.3 is 6.18 Å². The van der Waals surface area contributed by atoms with Gasteiger partial charge in [0.1, 0.15) is 5.69 Å². The molecular weight excluding hydrogens is 373 g/mol. The second kappa shape index (κ2) is 6.96. The van der Waals surface area contributed by atoms with E-state index in [9.17, 15) is 21.6 Å². The molecule has 0 saturated carbocycles. The molecule has 6 nitrogen and oxygen atoms in total. The Labute approximate surface area is 146 Å². The smallest absolute Gasteiger partial charge is 0.441 e. The Balaban J connectivity index is 1.69. The highest BCUT2D eigenvalue weighted by Crippen LogP contribution is 2.33. The lowest BCUT2D eigenvalue weighted by atomic mass is 10.2. The molecule has 2 aromatic heterocycles. The normalized spacial score (nSPS) is 12.4. The number of nitrogens with zero attached hydrogens (tertiary/aromatic N) is 1. The molecule has 0 spiro atoms. The van der Waals surface area contributed by atoms with Gasteiger partial charge in [-0.05, 0) is 24.1 Å². The van der Waals surface area contributed by atoms with Gasteiger partial charge in [-0.3, -0.25) is 0 Å². The number of nitrogens with one attached hydrogen (secondary N) is 1. The molecule has 3 rings (SSSR count). The first-order valence-corrected chi connectivity index (χ1v) is 8.92. The van der Waals surface area contributed by atoms with Crippen LogP contribution in [0.3, 0.4) is 0 Å². The van der Waals surface area contributed by atoms with Crippen LogP contribution >= 0.6 is 0 Å². The molecule has 0 radical (unpaired) electrons. The number of benzene rings is 1. The van der Waals surface area contributed by atoms with Crippen molar-refractivity contribution in [2.24, 2.45) is 0 Å². The van der Waals surface area contributed by atoms with E-state index in [2.05, 4.69) is 14.4 Å². The molecular formula is C16H13F3N2O4S. The summed E-state index contributed by atoms with van der Waals surface area (Å²) in [5.41, 5.74) is 0.709.